The topological polar surface area (TPSA) is 52.8 Å². The van der Waals surface area contributed by atoms with Crippen LogP contribution in [0.3, 0.4) is 0 Å². The molecule has 0 aliphatic carbocycles. The highest BCUT2D eigenvalue weighted by atomic mass is 16.5. The molecule has 2 aromatic heterocycles. The van der Waals surface area contributed by atoms with Gasteiger partial charge in [0, 0.05) is 26.3 Å². The van der Waals surface area contributed by atoms with Gasteiger partial charge < -0.3 is 4.74 Å². The maximum absolute atomic E-state index is 5.77. The van der Waals surface area contributed by atoms with Gasteiger partial charge in [-0.3, -0.25) is 4.68 Å². The molecular weight excluding hydrogens is 336 g/mol. The van der Waals surface area contributed by atoms with Crippen LogP contribution in [0.5, 0.6) is 11.6 Å². The van der Waals surface area contributed by atoms with Crippen LogP contribution < -0.4 is 4.74 Å². The second-order valence-corrected chi connectivity index (χ2v) is 6.05. The summed E-state index contributed by atoms with van der Waals surface area (Å²) in [6.07, 6.45) is 1.93. The van der Waals surface area contributed by atoms with Crippen molar-refractivity contribution in [2.24, 2.45) is 7.05 Å². The zero-order chi connectivity index (χ0) is 19.1. The van der Waals surface area contributed by atoms with Crippen molar-refractivity contribution in [3.05, 3.63) is 90.5 Å². The molecule has 0 amide bonds. The Kier molecular flexibility index (Phi) is 5.94. The average Bonchev–Trinajstić information content (AvgIpc) is 3.06. The van der Waals surface area contributed by atoms with Crippen LogP contribution in [0.25, 0.3) is 11.3 Å². The largest absolute Gasteiger partial charge is 0.439 e. The summed E-state index contributed by atoms with van der Waals surface area (Å²) in [6, 6.07) is 23.5. The first-order valence-corrected chi connectivity index (χ1v) is 8.70. The van der Waals surface area contributed by atoms with E-state index in [-0.39, 0.29) is 1.43 Å². The highest BCUT2D eigenvalue weighted by molar-refractivity contribution is 5.59. The molecule has 0 saturated heterocycles. The summed E-state index contributed by atoms with van der Waals surface area (Å²) in [6.45, 7) is 3.84. The molecule has 5 heteroatoms. The first-order valence-electron chi connectivity index (χ1n) is 8.70. The van der Waals surface area contributed by atoms with Gasteiger partial charge in [-0.25, -0.2) is 4.98 Å². The molecule has 0 fully saturated rings. The summed E-state index contributed by atoms with van der Waals surface area (Å²) in [7, 11) is 1.91. The number of hydrogen-bond acceptors (Lipinski definition) is 4. The molecule has 0 unspecified atom stereocenters. The molecule has 5 nitrogen and oxygen atoms in total. The van der Waals surface area contributed by atoms with Crippen molar-refractivity contribution in [1.82, 2.24) is 19.7 Å². The Hall–Kier alpha value is -3.47. The summed E-state index contributed by atoms with van der Waals surface area (Å²) in [5.74, 6) is 2.02. The van der Waals surface area contributed by atoms with Gasteiger partial charge in [-0.15, -0.1) is 0 Å². The summed E-state index contributed by atoms with van der Waals surface area (Å²) in [5.41, 5.74) is 2.99. The number of para-hydroxylation sites is 1. The lowest BCUT2D eigenvalue weighted by Crippen LogP contribution is -1.95. The van der Waals surface area contributed by atoms with Crippen LogP contribution in [-0.4, -0.2) is 19.7 Å². The molecular formula is C22H24N4O. The van der Waals surface area contributed by atoms with Gasteiger partial charge in [-0.1, -0.05) is 48.5 Å². The van der Waals surface area contributed by atoms with E-state index in [1.54, 1.807) is 4.68 Å². The number of rotatable bonds is 3. The summed E-state index contributed by atoms with van der Waals surface area (Å²) in [5, 5.41) is 4.03. The van der Waals surface area contributed by atoms with Gasteiger partial charge in [0.2, 0.25) is 5.88 Å². The Labute approximate surface area is 160 Å². The lowest BCUT2D eigenvalue weighted by Gasteiger charge is -2.07. The first kappa shape index (κ1) is 18.3. The molecule has 0 aliphatic rings. The fourth-order valence-corrected chi connectivity index (χ4v) is 2.49. The number of aryl methyl sites for hydroxylation is 3. The Bertz CT molecular complexity index is 971. The van der Waals surface area contributed by atoms with Crippen molar-refractivity contribution >= 4 is 0 Å². The molecule has 4 rings (SSSR count). The van der Waals surface area contributed by atoms with Crippen molar-refractivity contribution in [2.45, 2.75) is 13.8 Å². The second kappa shape index (κ2) is 8.76. The van der Waals surface area contributed by atoms with E-state index in [9.17, 15) is 0 Å². The van der Waals surface area contributed by atoms with Crippen molar-refractivity contribution in [1.29, 1.82) is 0 Å². The lowest BCUT2D eigenvalue weighted by atomic mass is 10.1. The number of ether oxygens (including phenoxy) is 1. The maximum atomic E-state index is 5.77. The van der Waals surface area contributed by atoms with E-state index in [1.807, 2.05) is 99.9 Å². The third-order valence-electron chi connectivity index (χ3n) is 3.70. The summed E-state index contributed by atoms with van der Waals surface area (Å²) >= 11 is 0. The van der Waals surface area contributed by atoms with Crippen LogP contribution in [0.1, 0.15) is 12.9 Å². The summed E-state index contributed by atoms with van der Waals surface area (Å²) in [4.78, 5) is 8.78. The quantitative estimate of drug-likeness (QED) is 0.503. The smallest absolute Gasteiger partial charge is 0.223 e. The van der Waals surface area contributed by atoms with E-state index in [2.05, 4.69) is 15.1 Å². The molecule has 0 N–H and O–H groups in total. The normalized spacial score (nSPS) is 10.0. The number of benzene rings is 2. The Balaban J connectivity index is 0.000000298. The molecule has 0 atom stereocenters. The molecule has 2 aromatic carbocycles. The van der Waals surface area contributed by atoms with Gasteiger partial charge >= 0.3 is 0 Å². The number of aromatic nitrogens is 4. The predicted molar refractivity (Wildman–Crippen MR) is 109 cm³/mol. The zero-order valence-electron chi connectivity index (χ0n) is 15.7. The SMILES string of the molecule is Cc1ccn(C)n1.Cc1nc(Oc2ccccc2)cc(-c2ccccc2)n1.[HH]. The zero-order valence-corrected chi connectivity index (χ0v) is 15.7. The third kappa shape index (κ3) is 5.51. The van der Waals surface area contributed by atoms with Crippen LogP contribution in [-0.2, 0) is 7.05 Å². The van der Waals surface area contributed by atoms with Crippen LogP contribution >= 0.6 is 0 Å². The average molecular weight is 360 g/mol. The molecule has 0 radical (unpaired) electrons. The Morgan fingerprint density at radius 2 is 1.52 bits per heavy atom. The van der Waals surface area contributed by atoms with Gasteiger partial charge in [0.1, 0.15) is 11.6 Å². The van der Waals surface area contributed by atoms with E-state index in [0.29, 0.717) is 11.7 Å². The predicted octanol–water partition coefficient (Wildman–Crippen LogP) is 5.22. The van der Waals surface area contributed by atoms with Gasteiger partial charge in [-0.05, 0) is 32.0 Å². The second-order valence-electron chi connectivity index (χ2n) is 6.05. The molecule has 27 heavy (non-hydrogen) atoms. The molecule has 0 spiro atoms. The van der Waals surface area contributed by atoms with Crippen LogP contribution in [0.2, 0.25) is 0 Å². The monoisotopic (exact) mass is 360 g/mol. The van der Waals surface area contributed by atoms with Crippen molar-refractivity contribution in [3.8, 4) is 22.9 Å². The van der Waals surface area contributed by atoms with E-state index in [4.69, 9.17) is 4.74 Å². The number of nitrogens with zero attached hydrogens (tertiary/aromatic N) is 4. The highest BCUT2D eigenvalue weighted by Gasteiger charge is 2.06. The summed E-state index contributed by atoms with van der Waals surface area (Å²) < 4.78 is 7.56. The highest BCUT2D eigenvalue weighted by Crippen LogP contribution is 2.24. The van der Waals surface area contributed by atoms with Crippen LogP contribution in [0, 0.1) is 13.8 Å². The molecule has 138 valence electrons. The molecule has 2 heterocycles. The minimum absolute atomic E-state index is 0. The van der Waals surface area contributed by atoms with E-state index >= 15 is 0 Å². The minimum atomic E-state index is 0. The van der Waals surface area contributed by atoms with E-state index in [1.165, 1.54) is 0 Å². The standard InChI is InChI=1S/C17H14N2O.C5H8N2.H2/c1-13-18-16(14-8-4-2-5-9-14)12-17(19-13)20-15-10-6-3-7-11-15;1-5-3-4-7(2)6-5;/h2-12H,1H3;3-4H,1-2H3;1H. The molecule has 0 saturated carbocycles. The Morgan fingerprint density at radius 1 is 0.852 bits per heavy atom. The third-order valence-corrected chi connectivity index (χ3v) is 3.70. The lowest BCUT2D eigenvalue weighted by molar-refractivity contribution is 0.460. The first-order chi connectivity index (χ1) is 13.1. The van der Waals surface area contributed by atoms with Crippen molar-refractivity contribution < 1.29 is 6.16 Å². The van der Waals surface area contributed by atoms with Gasteiger partial charge in [0.25, 0.3) is 0 Å². The molecule has 4 aromatic rings. The van der Waals surface area contributed by atoms with Gasteiger partial charge in [0.15, 0.2) is 0 Å². The maximum Gasteiger partial charge on any atom is 0.223 e. The molecule has 0 aliphatic heterocycles. The van der Waals surface area contributed by atoms with Crippen molar-refractivity contribution in [2.75, 3.05) is 0 Å². The van der Waals surface area contributed by atoms with Crippen LogP contribution in [0.4, 0.5) is 0 Å². The van der Waals surface area contributed by atoms with Gasteiger partial charge in [-0.2, -0.15) is 10.1 Å². The molecule has 0 bridgehead atoms. The van der Waals surface area contributed by atoms with E-state index < -0.39 is 0 Å². The van der Waals surface area contributed by atoms with Crippen molar-refractivity contribution in [3.63, 3.8) is 0 Å². The fraction of sp³-hybridized carbons (Fsp3) is 0.136. The minimum Gasteiger partial charge on any atom is -0.439 e. The number of hydrogen-bond donors (Lipinski definition) is 0. The van der Waals surface area contributed by atoms with Gasteiger partial charge in [0.05, 0.1) is 11.4 Å². The fourth-order valence-electron chi connectivity index (χ4n) is 2.49. The van der Waals surface area contributed by atoms with Crippen LogP contribution in [0.15, 0.2) is 79.0 Å². The van der Waals surface area contributed by atoms with E-state index in [0.717, 1.165) is 22.7 Å². The Morgan fingerprint density at radius 3 is 2.07 bits per heavy atom.